The van der Waals surface area contributed by atoms with Crippen LogP contribution < -0.4 is 10.5 Å². The first-order valence-corrected chi connectivity index (χ1v) is 6.65. The summed E-state index contributed by atoms with van der Waals surface area (Å²) in [5, 5.41) is 0. The third-order valence-corrected chi connectivity index (χ3v) is 3.16. The zero-order chi connectivity index (χ0) is 11.1. The van der Waals surface area contributed by atoms with Gasteiger partial charge in [-0.1, -0.05) is 12.1 Å². The molecule has 3 N–H and O–H groups in total. The maximum absolute atomic E-state index is 11.0. The van der Waals surface area contributed by atoms with Crippen LogP contribution in [0.4, 0.5) is 5.69 Å². The van der Waals surface area contributed by atoms with E-state index < -0.39 is 10.0 Å². The third-order valence-electron chi connectivity index (χ3n) is 2.55. The van der Waals surface area contributed by atoms with Crippen LogP contribution in [-0.4, -0.2) is 14.7 Å². The number of rotatable bonds is 3. The van der Waals surface area contributed by atoms with Crippen molar-refractivity contribution in [2.24, 2.45) is 5.73 Å². The summed E-state index contributed by atoms with van der Waals surface area (Å²) < 4.78 is 24.3. The molecular formula is C10H14N2O2S. The van der Waals surface area contributed by atoms with Gasteiger partial charge >= 0.3 is 0 Å². The van der Waals surface area contributed by atoms with Crippen LogP contribution in [0.2, 0.25) is 0 Å². The molecule has 0 aliphatic heterocycles. The van der Waals surface area contributed by atoms with Gasteiger partial charge in [-0.25, -0.2) is 8.42 Å². The first-order chi connectivity index (χ1) is 6.89. The lowest BCUT2D eigenvalue weighted by atomic mass is 10.1. The molecule has 0 amide bonds. The monoisotopic (exact) mass is 226 g/mol. The van der Waals surface area contributed by atoms with Crippen molar-refractivity contribution in [2.75, 3.05) is 11.0 Å². The highest BCUT2D eigenvalue weighted by molar-refractivity contribution is 7.92. The molecule has 82 valence electrons. The van der Waals surface area contributed by atoms with Crippen LogP contribution in [0, 0.1) is 0 Å². The minimum atomic E-state index is -3.19. The van der Waals surface area contributed by atoms with E-state index in [2.05, 4.69) is 4.72 Å². The summed E-state index contributed by atoms with van der Waals surface area (Å²) >= 11 is 0. The van der Waals surface area contributed by atoms with Crippen LogP contribution >= 0.6 is 0 Å². The fraction of sp³-hybridized carbons (Fsp3) is 0.400. The lowest BCUT2D eigenvalue weighted by molar-refractivity contribution is 0.607. The Hall–Kier alpha value is -1.07. The van der Waals surface area contributed by atoms with Crippen molar-refractivity contribution in [1.29, 1.82) is 0 Å². The molecule has 0 unspecified atom stereocenters. The molecule has 0 saturated heterocycles. The van der Waals surface area contributed by atoms with Crippen molar-refractivity contribution in [2.45, 2.75) is 18.4 Å². The average molecular weight is 226 g/mol. The van der Waals surface area contributed by atoms with Gasteiger partial charge in [0, 0.05) is 11.2 Å². The van der Waals surface area contributed by atoms with E-state index in [-0.39, 0.29) is 5.54 Å². The first kappa shape index (κ1) is 10.4. The highest BCUT2D eigenvalue weighted by Gasteiger charge is 2.39. The lowest BCUT2D eigenvalue weighted by Gasteiger charge is -2.10. The van der Waals surface area contributed by atoms with Gasteiger partial charge < -0.3 is 5.73 Å². The number of hydrogen-bond acceptors (Lipinski definition) is 3. The van der Waals surface area contributed by atoms with Crippen molar-refractivity contribution in [3.8, 4) is 0 Å². The number of hydrogen-bond donors (Lipinski definition) is 2. The van der Waals surface area contributed by atoms with Gasteiger partial charge in [0.2, 0.25) is 10.0 Å². The highest BCUT2D eigenvalue weighted by atomic mass is 32.2. The van der Waals surface area contributed by atoms with Crippen LogP contribution in [-0.2, 0) is 15.6 Å². The van der Waals surface area contributed by atoms with Gasteiger partial charge in [0.15, 0.2) is 0 Å². The zero-order valence-corrected chi connectivity index (χ0v) is 9.34. The molecular weight excluding hydrogens is 212 g/mol. The van der Waals surface area contributed by atoms with E-state index in [1.807, 2.05) is 12.1 Å². The van der Waals surface area contributed by atoms with Crippen LogP contribution in [0.15, 0.2) is 24.3 Å². The van der Waals surface area contributed by atoms with Crippen molar-refractivity contribution in [3.63, 3.8) is 0 Å². The van der Waals surface area contributed by atoms with E-state index in [1.165, 1.54) is 0 Å². The molecule has 1 aliphatic carbocycles. The van der Waals surface area contributed by atoms with E-state index in [1.54, 1.807) is 12.1 Å². The van der Waals surface area contributed by atoms with Crippen molar-refractivity contribution in [1.82, 2.24) is 0 Å². The number of nitrogens with two attached hydrogens (primary N) is 1. The summed E-state index contributed by atoms with van der Waals surface area (Å²) in [4.78, 5) is 0. The molecule has 5 heteroatoms. The Labute approximate surface area is 89.5 Å². The van der Waals surface area contributed by atoms with E-state index in [0.717, 1.165) is 24.7 Å². The molecule has 1 aromatic carbocycles. The van der Waals surface area contributed by atoms with E-state index in [0.29, 0.717) is 5.69 Å². The number of sulfonamides is 1. The molecule has 2 rings (SSSR count). The maximum atomic E-state index is 11.0. The quantitative estimate of drug-likeness (QED) is 0.807. The second-order valence-electron chi connectivity index (χ2n) is 4.11. The zero-order valence-electron chi connectivity index (χ0n) is 8.53. The first-order valence-electron chi connectivity index (χ1n) is 4.76. The van der Waals surface area contributed by atoms with Gasteiger partial charge in [-0.15, -0.1) is 0 Å². The second-order valence-corrected chi connectivity index (χ2v) is 5.86. The SMILES string of the molecule is CS(=O)(=O)Nc1ccc(C2(N)CC2)cc1. The van der Waals surface area contributed by atoms with Gasteiger partial charge in [0.1, 0.15) is 0 Å². The Morgan fingerprint density at radius 1 is 1.27 bits per heavy atom. The minimum absolute atomic E-state index is 0.163. The molecule has 15 heavy (non-hydrogen) atoms. The normalized spacial score (nSPS) is 18.5. The van der Waals surface area contributed by atoms with Crippen LogP contribution in [0.25, 0.3) is 0 Å². The molecule has 1 fully saturated rings. The lowest BCUT2D eigenvalue weighted by Crippen LogP contribution is -2.18. The summed E-state index contributed by atoms with van der Waals surface area (Å²) in [6.45, 7) is 0. The molecule has 0 heterocycles. The molecule has 0 bridgehead atoms. The Bertz CT molecular complexity index is 461. The summed E-state index contributed by atoms with van der Waals surface area (Å²) in [5.41, 5.74) is 7.49. The fourth-order valence-electron chi connectivity index (χ4n) is 1.51. The Balaban J connectivity index is 2.18. The van der Waals surface area contributed by atoms with Crippen molar-refractivity contribution >= 4 is 15.7 Å². The van der Waals surface area contributed by atoms with Crippen molar-refractivity contribution < 1.29 is 8.42 Å². The number of benzene rings is 1. The molecule has 0 spiro atoms. The minimum Gasteiger partial charge on any atom is -0.321 e. The van der Waals surface area contributed by atoms with Crippen molar-refractivity contribution in [3.05, 3.63) is 29.8 Å². The van der Waals surface area contributed by atoms with Crippen LogP contribution in [0.1, 0.15) is 18.4 Å². The Kier molecular flexibility index (Phi) is 2.24. The molecule has 1 aliphatic rings. The topological polar surface area (TPSA) is 72.2 Å². The second kappa shape index (κ2) is 3.21. The standard InChI is InChI=1S/C10H14N2O2S/c1-15(13,14)12-9-4-2-8(3-5-9)10(11)6-7-10/h2-5,12H,6-7,11H2,1H3. The summed E-state index contributed by atoms with van der Waals surface area (Å²) in [6.07, 6.45) is 3.14. The van der Waals surface area contributed by atoms with Gasteiger partial charge in [0.25, 0.3) is 0 Å². The smallest absolute Gasteiger partial charge is 0.229 e. The Morgan fingerprint density at radius 2 is 1.80 bits per heavy atom. The molecule has 0 radical (unpaired) electrons. The maximum Gasteiger partial charge on any atom is 0.229 e. The molecule has 0 atom stereocenters. The van der Waals surface area contributed by atoms with Gasteiger partial charge in [-0.3, -0.25) is 4.72 Å². The largest absolute Gasteiger partial charge is 0.321 e. The van der Waals surface area contributed by atoms with Crippen LogP contribution in [0.5, 0.6) is 0 Å². The van der Waals surface area contributed by atoms with Gasteiger partial charge in [-0.2, -0.15) is 0 Å². The predicted molar refractivity (Wildman–Crippen MR) is 60.0 cm³/mol. The average Bonchev–Trinajstić information content (AvgIpc) is 2.83. The molecule has 1 aromatic rings. The highest BCUT2D eigenvalue weighted by Crippen LogP contribution is 2.42. The summed E-state index contributed by atoms with van der Waals surface area (Å²) in [7, 11) is -3.19. The van der Waals surface area contributed by atoms with E-state index >= 15 is 0 Å². The molecule has 0 aromatic heterocycles. The van der Waals surface area contributed by atoms with Gasteiger partial charge in [0.05, 0.1) is 6.26 Å². The summed E-state index contributed by atoms with van der Waals surface area (Å²) in [6, 6.07) is 7.23. The Morgan fingerprint density at radius 3 is 2.20 bits per heavy atom. The fourth-order valence-corrected chi connectivity index (χ4v) is 2.07. The van der Waals surface area contributed by atoms with E-state index in [4.69, 9.17) is 5.73 Å². The number of anilines is 1. The molecule has 1 saturated carbocycles. The third kappa shape index (κ3) is 2.49. The van der Waals surface area contributed by atoms with Gasteiger partial charge in [-0.05, 0) is 30.5 Å². The summed E-state index contributed by atoms with van der Waals surface area (Å²) in [5.74, 6) is 0. The molecule has 4 nitrogen and oxygen atoms in total. The van der Waals surface area contributed by atoms with Crippen LogP contribution in [0.3, 0.4) is 0 Å². The number of nitrogens with one attached hydrogen (secondary N) is 1. The predicted octanol–water partition coefficient (Wildman–Crippen LogP) is 1.01. The van der Waals surface area contributed by atoms with E-state index in [9.17, 15) is 8.42 Å².